The number of amides is 2. The number of pyridine rings is 1. The van der Waals surface area contributed by atoms with Crippen LogP contribution in [-0.2, 0) is 4.74 Å². The third-order valence-corrected chi connectivity index (χ3v) is 4.63. The van der Waals surface area contributed by atoms with E-state index in [2.05, 4.69) is 15.4 Å². The van der Waals surface area contributed by atoms with Gasteiger partial charge in [-0.25, -0.2) is 13.6 Å². The molecule has 0 radical (unpaired) electrons. The highest BCUT2D eigenvalue weighted by Crippen LogP contribution is 2.30. The highest BCUT2D eigenvalue weighted by molar-refractivity contribution is 6.04. The number of carbonyl (C=O) groups excluding carboxylic acids is 2. The molecule has 2 aromatic heterocycles. The lowest BCUT2D eigenvalue weighted by molar-refractivity contribution is 0.0184. The summed E-state index contributed by atoms with van der Waals surface area (Å²) in [6.45, 7) is 6.26. The van der Waals surface area contributed by atoms with Crippen molar-refractivity contribution in [2.24, 2.45) is 0 Å². The van der Waals surface area contributed by atoms with Gasteiger partial charge in [-0.2, -0.15) is 5.10 Å². The average Bonchev–Trinajstić information content (AvgIpc) is 3.11. The molecule has 0 saturated carbocycles. The van der Waals surface area contributed by atoms with Crippen LogP contribution in [0.2, 0.25) is 0 Å². The highest BCUT2D eigenvalue weighted by atomic mass is 19.3. The van der Waals surface area contributed by atoms with Crippen LogP contribution in [0.4, 0.5) is 19.3 Å². The van der Waals surface area contributed by atoms with Crippen molar-refractivity contribution in [1.82, 2.24) is 19.7 Å². The van der Waals surface area contributed by atoms with Gasteiger partial charge in [0.05, 0.1) is 17.3 Å². The second-order valence-corrected chi connectivity index (χ2v) is 8.10. The van der Waals surface area contributed by atoms with Crippen molar-refractivity contribution in [3.63, 3.8) is 0 Å². The Hall–Kier alpha value is -3.04. The Bertz CT molecular complexity index is 888. The molecule has 0 unspecified atom stereocenters. The molecule has 1 aliphatic heterocycles. The zero-order chi connectivity index (χ0) is 21.9. The first-order chi connectivity index (χ1) is 14.1. The molecule has 8 nitrogen and oxygen atoms in total. The number of nitrogens with zero attached hydrogens (tertiary/aromatic N) is 4. The first-order valence-corrected chi connectivity index (χ1v) is 9.70. The lowest BCUT2D eigenvalue weighted by Crippen LogP contribution is -2.42. The molecule has 0 spiro atoms. The summed E-state index contributed by atoms with van der Waals surface area (Å²) in [5.74, 6) is -0.538. The predicted octanol–water partition coefficient (Wildman–Crippen LogP) is 4.04. The number of ether oxygens (including phenoxy) is 1. The first-order valence-electron chi connectivity index (χ1n) is 9.70. The Morgan fingerprint density at radius 2 is 1.97 bits per heavy atom. The number of nitrogens with one attached hydrogen (secondary N) is 1. The van der Waals surface area contributed by atoms with Gasteiger partial charge in [0, 0.05) is 31.7 Å². The number of carbonyl (C=O) groups is 2. The lowest BCUT2D eigenvalue weighted by atomic mass is 10.1. The van der Waals surface area contributed by atoms with Gasteiger partial charge in [-0.1, -0.05) is 0 Å². The van der Waals surface area contributed by atoms with E-state index in [-0.39, 0.29) is 23.4 Å². The van der Waals surface area contributed by atoms with E-state index in [0.717, 1.165) is 0 Å². The summed E-state index contributed by atoms with van der Waals surface area (Å²) in [5, 5.41) is 6.50. The monoisotopic (exact) mass is 421 g/mol. The van der Waals surface area contributed by atoms with Crippen molar-refractivity contribution >= 4 is 17.7 Å². The molecule has 3 rings (SSSR count). The summed E-state index contributed by atoms with van der Waals surface area (Å²) in [4.78, 5) is 30.0. The zero-order valence-corrected chi connectivity index (χ0v) is 17.1. The van der Waals surface area contributed by atoms with Gasteiger partial charge in [0.2, 0.25) is 0 Å². The second kappa shape index (κ2) is 8.76. The van der Waals surface area contributed by atoms with Crippen LogP contribution in [-0.4, -0.2) is 50.4 Å². The third-order valence-electron chi connectivity index (χ3n) is 4.63. The Morgan fingerprint density at radius 1 is 1.27 bits per heavy atom. The molecular weight excluding hydrogens is 396 g/mol. The van der Waals surface area contributed by atoms with E-state index in [1.165, 1.54) is 23.3 Å². The molecule has 0 aliphatic carbocycles. The summed E-state index contributed by atoms with van der Waals surface area (Å²) in [6.07, 6.45) is 2.15. The fraction of sp³-hybridized carbons (Fsp3) is 0.500. The maximum atomic E-state index is 13.5. The largest absolute Gasteiger partial charge is 0.444 e. The Morgan fingerprint density at radius 3 is 2.53 bits per heavy atom. The van der Waals surface area contributed by atoms with Crippen LogP contribution < -0.4 is 5.32 Å². The molecule has 0 bridgehead atoms. The summed E-state index contributed by atoms with van der Waals surface area (Å²) in [7, 11) is 0. The topological polar surface area (TPSA) is 89.4 Å². The molecule has 2 aromatic rings. The first kappa shape index (κ1) is 21.7. The number of halogens is 2. The third kappa shape index (κ3) is 5.31. The van der Waals surface area contributed by atoms with Crippen LogP contribution in [0.5, 0.6) is 0 Å². The van der Waals surface area contributed by atoms with Gasteiger partial charge < -0.3 is 15.0 Å². The highest BCUT2D eigenvalue weighted by Gasteiger charge is 2.29. The van der Waals surface area contributed by atoms with Crippen LogP contribution in [0.15, 0.2) is 30.7 Å². The van der Waals surface area contributed by atoms with Crippen LogP contribution in [0.3, 0.4) is 0 Å². The van der Waals surface area contributed by atoms with E-state index in [4.69, 9.17) is 4.74 Å². The van der Waals surface area contributed by atoms with Crippen molar-refractivity contribution in [2.45, 2.75) is 51.7 Å². The van der Waals surface area contributed by atoms with Crippen molar-refractivity contribution in [1.29, 1.82) is 0 Å². The Balaban J connectivity index is 1.68. The average molecular weight is 421 g/mol. The molecular formula is C20H25F2N5O3. The molecule has 1 aliphatic rings. The van der Waals surface area contributed by atoms with E-state index in [1.807, 2.05) is 0 Å². The minimum absolute atomic E-state index is 0.0339. The van der Waals surface area contributed by atoms with Gasteiger partial charge in [0.1, 0.15) is 5.60 Å². The number of anilines is 1. The maximum absolute atomic E-state index is 13.5. The quantitative estimate of drug-likeness (QED) is 0.805. The number of piperidine rings is 1. The van der Waals surface area contributed by atoms with Gasteiger partial charge in [0.25, 0.3) is 12.3 Å². The molecule has 0 aromatic carbocycles. The molecule has 162 valence electrons. The minimum atomic E-state index is -2.84. The molecule has 1 fully saturated rings. The van der Waals surface area contributed by atoms with E-state index in [0.29, 0.717) is 25.9 Å². The van der Waals surface area contributed by atoms with Crippen molar-refractivity contribution in [2.75, 3.05) is 18.4 Å². The molecule has 1 N–H and O–H groups in total. The SMILES string of the molecule is CC(C)(C)OC(=O)N1CCC(n2cc(NC(=O)c3cccnc3)c(C(F)F)n2)CC1. The van der Waals surface area contributed by atoms with Crippen molar-refractivity contribution < 1.29 is 23.1 Å². The number of likely N-dealkylation sites (tertiary alicyclic amines) is 1. The smallest absolute Gasteiger partial charge is 0.410 e. The predicted molar refractivity (Wildman–Crippen MR) is 105 cm³/mol. The minimum Gasteiger partial charge on any atom is -0.444 e. The Labute approximate surface area is 173 Å². The van der Waals surface area contributed by atoms with Crippen molar-refractivity contribution in [3.8, 4) is 0 Å². The van der Waals surface area contributed by atoms with Crippen LogP contribution in [0, 0.1) is 0 Å². The summed E-state index contributed by atoms with van der Waals surface area (Å²) in [5.41, 5.74) is -0.838. The fourth-order valence-corrected chi connectivity index (χ4v) is 3.18. The van der Waals surface area contributed by atoms with Crippen molar-refractivity contribution in [3.05, 3.63) is 42.0 Å². The van der Waals surface area contributed by atoms with E-state index in [1.54, 1.807) is 37.8 Å². The molecule has 30 heavy (non-hydrogen) atoms. The lowest BCUT2D eigenvalue weighted by Gasteiger charge is -2.33. The van der Waals surface area contributed by atoms with Crippen LogP contribution in [0.1, 0.15) is 62.1 Å². The van der Waals surface area contributed by atoms with Gasteiger partial charge in [-0.15, -0.1) is 0 Å². The maximum Gasteiger partial charge on any atom is 0.410 e. The summed E-state index contributed by atoms with van der Waals surface area (Å²) < 4.78 is 33.8. The summed E-state index contributed by atoms with van der Waals surface area (Å²) in [6, 6.07) is 2.97. The van der Waals surface area contributed by atoms with Gasteiger partial charge in [-0.3, -0.25) is 14.5 Å². The van der Waals surface area contributed by atoms with Gasteiger partial charge in [0.15, 0.2) is 5.69 Å². The molecule has 3 heterocycles. The molecule has 2 amide bonds. The standard InChI is InChI=1S/C20H25F2N5O3/c1-20(2,3)30-19(29)26-9-6-14(7-10-26)27-12-15(16(25-27)17(21)22)24-18(28)13-5-4-8-23-11-13/h4-5,8,11-12,14,17H,6-7,9-10H2,1-3H3,(H,24,28). The second-order valence-electron chi connectivity index (χ2n) is 8.10. The molecule has 0 atom stereocenters. The number of hydrogen-bond acceptors (Lipinski definition) is 5. The molecule has 1 saturated heterocycles. The fourth-order valence-electron chi connectivity index (χ4n) is 3.18. The van der Waals surface area contributed by atoms with Gasteiger partial charge >= 0.3 is 6.09 Å². The van der Waals surface area contributed by atoms with Gasteiger partial charge in [-0.05, 0) is 45.7 Å². The number of aromatic nitrogens is 3. The van der Waals surface area contributed by atoms with Crippen LogP contribution >= 0.6 is 0 Å². The Kier molecular flexibility index (Phi) is 6.33. The number of alkyl halides is 2. The summed E-state index contributed by atoms with van der Waals surface area (Å²) >= 11 is 0. The molecule has 10 heteroatoms. The van der Waals surface area contributed by atoms with Crippen LogP contribution in [0.25, 0.3) is 0 Å². The van der Waals surface area contributed by atoms with E-state index < -0.39 is 23.6 Å². The van der Waals surface area contributed by atoms with E-state index in [9.17, 15) is 18.4 Å². The zero-order valence-electron chi connectivity index (χ0n) is 17.1. The van der Waals surface area contributed by atoms with E-state index >= 15 is 0 Å². The number of hydrogen-bond donors (Lipinski definition) is 1. The number of rotatable bonds is 4. The normalized spacial score (nSPS) is 15.3.